The van der Waals surface area contributed by atoms with Crippen molar-refractivity contribution in [2.45, 2.75) is 65.0 Å². The van der Waals surface area contributed by atoms with Crippen molar-refractivity contribution in [3.63, 3.8) is 0 Å². The summed E-state index contributed by atoms with van der Waals surface area (Å²) in [7, 11) is 0. The monoisotopic (exact) mass is 498 g/mol. The minimum Gasteiger partial charge on any atom is -0.456 e. The SMILES string of the molecule is Cc1cc(C(C)Nc2ccccc2C(=O)OC(C)(C)C)c2oc(N3CCC(F)(F)CC3)cc(=O)c2c1. The zero-order valence-corrected chi connectivity index (χ0v) is 21.3. The number of esters is 1. The second-order valence-electron chi connectivity index (χ2n) is 10.4. The normalized spacial score (nSPS) is 16.6. The number of carbonyl (C=O) groups is 1. The van der Waals surface area contributed by atoms with E-state index in [1.807, 2.05) is 46.8 Å². The third kappa shape index (κ3) is 5.69. The van der Waals surface area contributed by atoms with Crippen molar-refractivity contribution in [3.05, 3.63) is 69.4 Å². The van der Waals surface area contributed by atoms with Gasteiger partial charge in [0, 0.05) is 43.2 Å². The van der Waals surface area contributed by atoms with Gasteiger partial charge in [-0.2, -0.15) is 0 Å². The van der Waals surface area contributed by atoms with Crippen LogP contribution in [0.3, 0.4) is 0 Å². The molecule has 2 aromatic carbocycles. The molecule has 2 heterocycles. The highest BCUT2D eigenvalue weighted by molar-refractivity contribution is 5.96. The Morgan fingerprint density at radius 2 is 1.81 bits per heavy atom. The molecule has 6 nitrogen and oxygen atoms in total. The zero-order chi connectivity index (χ0) is 26.3. The largest absolute Gasteiger partial charge is 0.456 e. The predicted octanol–water partition coefficient (Wildman–Crippen LogP) is 6.47. The Bertz CT molecular complexity index is 1330. The van der Waals surface area contributed by atoms with Crippen molar-refractivity contribution >= 4 is 28.5 Å². The third-order valence-electron chi connectivity index (χ3n) is 6.18. The van der Waals surface area contributed by atoms with Gasteiger partial charge >= 0.3 is 5.97 Å². The average Bonchev–Trinajstić information content (AvgIpc) is 2.78. The van der Waals surface area contributed by atoms with E-state index in [1.165, 1.54) is 6.07 Å². The minimum atomic E-state index is -2.70. The minimum absolute atomic E-state index is 0.111. The van der Waals surface area contributed by atoms with E-state index >= 15 is 0 Å². The van der Waals surface area contributed by atoms with Gasteiger partial charge in [0.2, 0.25) is 0 Å². The van der Waals surface area contributed by atoms with Crippen LogP contribution < -0.4 is 15.6 Å². The first-order valence-electron chi connectivity index (χ1n) is 12.1. The number of carbonyl (C=O) groups excluding carboxylic acids is 1. The molecule has 1 atom stereocenters. The molecule has 1 saturated heterocycles. The van der Waals surface area contributed by atoms with Crippen LogP contribution in [-0.4, -0.2) is 30.6 Å². The summed E-state index contributed by atoms with van der Waals surface area (Å²) in [6.45, 7) is 9.46. The molecular formula is C28H32F2N2O4. The molecule has 1 fully saturated rings. The third-order valence-corrected chi connectivity index (χ3v) is 6.18. The molecule has 8 heteroatoms. The van der Waals surface area contributed by atoms with Gasteiger partial charge in [0.25, 0.3) is 5.92 Å². The second kappa shape index (κ2) is 9.56. The fourth-order valence-electron chi connectivity index (χ4n) is 4.38. The summed E-state index contributed by atoms with van der Waals surface area (Å²) in [6.07, 6.45) is -0.566. The quantitative estimate of drug-likeness (QED) is 0.407. The number of hydrogen-bond donors (Lipinski definition) is 1. The molecule has 0 saturated carbocycles. The number of piperidine rings is 1. The number of alkyl halides is 2. The first-order chi connectivity index (χ1) is 16.8. The van der Waals surface area contributed by atoms with Crippen LogP contribution in [0.25, 0.3) is 11.0 Å². The summed E-state index contributed by atoms with van der Waals surface area (Å²) in [5, 5.41) is 3.79. The molecule has 192 valence electrons. The lowest BCUT2D eigenvalue weighted by Gasteiger charge is -2.32. The second-order valence-corrected chi connectivity index (χ2v) is 10.4. The van der Waals surface area contributed by atoms with Gasteiger partial charge in [0.15, 0.2) is 11.3 Å². The van der Waals surface area contributed by atoms with Crippen molar-refractivity contribution in [2.24, 2.45) is 0 Å². The Morgan fingerprint density at radius 1 is 1.14 bits per heavy atom. The van der Waals surface area contributed by atoms with E-state index in [-0.39, 0.29) is 43.3 Å². The number of nitrogens with zero attached hydrogens (tertiary/aromatic N) is 1. The molecule has 1 aliphatic heterocycles. The summed E-state index contributed by atoms with van der Waals surface area (Å²) in [4.78, 5) is 27.5. The number of fused-ring (bicyclic) bond motifs is 1. The number of ether oxygens (including phenoxy) is 1. The number of para-hydroxylation sites is 1. The molecule has 1 aromatic heterocycles. The van der Waals surface area contributed by atoms with Gasteiger partial charge in [0.1, 0.15) is 11.2 Å². The summed E-state index contributed by atoms with van der Waals surface area (Å²) in [5.74, 6) is -2.85. The van der Waals surface area contributed by atoms with Gasteiger partial charge in [-0.25, -0.2) is 13.6 Å². The van der Waals surface area contributed by atoms with Crippen LogP contribution in [0.15, 0.2) is 51.7 Å². The van der Waals surface area contributed by atoms with Gasteiger partial charge in [-0.15, -0.1) is 0 Å². The summed E-state index contributed by atoms with van der Waals surface area (Å²) >= 11 is 0. The van der Waals surface area contributed by atoms with Gasteiger partial charge in [0.05, 0.1) is 17.0 Å². The van der Waals surface area contributed by atoms with Gasteiger partial charge in [-0.05, 0) is 58.4 Å². The van der Waals surface area contributed by atoms with Crippen molar-refractivity contribution in [3.8, 4) is 0 Å². The molecule has 0 bridgehead atoms. The standard InChI is InChI=1S/C28H32F2N2O4/c1-17-14-20(18(2)31-22-9-7-6-8-19(22)26(34)36-27(3,4)5)25-21(15-17)23(33)16-24(35-25)32-12-10-28(29,30)11-13-32/h6-9,14-16,18,31H,10-13H2,1-5H3. The lowest BCUT2D eigenvalue weighted by molar-refractivity contribution is -0.0225. The van der Waals surface area contributed by atoms with Crippen molar-refractivity contribution in [2.75, 3.05) is 23.3 Å². The van der Waals surface area contributed by atoms with Gasteiger partial charge in [-0.3, -0.25) is 4.79 Å². The number of hydrogen-bond acceptors (Lipinski definition) is 6. The maximum absolute atomic E-state index is 13.7. The molecule has 1 unspecified atom stereocenters. The maximum atomic E-state index is 13.7. The molecule has 0 aliphatic carbocycles. The molecule has 0 radical (unpaired) electrons. The highest BCUT2D eigenvalue weighted by Crippen LogP contribution is 2.34. The first kappa shape index (κ1) is 25.7. The van der Waals surface area contributed by atoms with Crippen molar-refractivity contribution < 1.29 is 22.7 Å². The smallest absolute Gasteiger partial charge is 0.340 e. The predicted molar refractivity (Wildman–Crippen MR) is 137 cm³/mol. The van der Waals surface area contributed by atoms with Crippen LogP contribution in [0.4, 0.5) is 20.4 Å². The number of aryl methyl sites for hydroxylation is 1. The summed E-state index contributed by atoms with van der Waals surface area (Å²) < 4.78 is 39.1. The zero-order valence-electron chi connectivity index (χ0n) is 21.3. The van der Waals surface area contributed by atoms with Gasteiger partial charge < -0.3 is 19.4 Å². The maximum Gasteiger partial charge on any atom is 0.340 e. The molecule has 3 aromatic rings. The highest BCUT2D eigenvalue weighted by atomic mass is 19.3. The fraction of sp³-hybridized carbons (Fsp3) is 0.429. The molecule has 1 N–H and O–H groups in total. The van der Waals surface area contributed by atoms with Crippen molar-refractivity contribution in [1.82, 2.24) is 0 Å². The lowest BCUT2D eigenvalue weighted by atomic mass is 10.0. The van der Waals surface area contributed by atoms with E-state index < -0.39 is 17.5 Å². The van der Waals surface area contributed by atoms with Crippen LogP contribution in [0.1, 0.15) is 68.1 Å². The topological polar surface area (TPSA) is 71.8 Å². The Hall–Kier alpha value is -3.42. The number of anilines is 2. The van der Waals surface area contributed by atoms with E-state index in [0.717, 1.165) is 11.1 Å². The Morgan fingerprint density at radius 3 is 2.47 bits per heavy atom. The fourth-order valence-corrected chi connectivity index (χ4v) is 4.38. The Balaban J connectivity index is 1.70. The first-order valence-corrected chi connectivity index (χ1v) is 12.1. The number of nitrogens with one attached hydrogen (secondary N) is 1. The van der Waals surface area contributed by atoms with Crippen LogP contribution in [0.5, 0.6) is 0 Å². The molecule has 4 rings (SSSR count). The molecular weight excluding hydrogens is 466 g/mol. The lowest BCUT2D eigenvalue weighted by Crippen LogP contribution is -2.39. The number of benzene rings is 2. The van der Waals surface area contributed by atoms with Gasteiger partial charge in [-0.1, -0.05) is 18.2 Å². The molecule has 36 heavy (non-hydrogen) atoms. The molecule has 0 amide bonds. The van der Waals surface area contributed by atoms with E-state index in [4.69, 9.17) is 9.15 Å². The van der Waals surface area contributed by atoms with E-state index in [0.29, 0.717) is 22.2 Å². The molecule has 0 spiro atoms. The van der Waals surface area contributed by atoms with Crippen LogP contribution in [-0.2, 0) is 4.74 Å². The van der Waals surface area contributed by atoms with E-state index in [1.54, 1.807) is 29.2 Å². The summed E-state index contributed by atoms with van der Waals surface area (Å²) in [5.41, 5.74) is 2.12. The number of halogens is 2. The van der Waals surface area contributed by atoms with Crippen LogP contribution in [0, 0.1) is 6.92 Å². The Labute approximate surface area is 209 Å². The van der Waals surface area contributed by atoms with Crippen molar-refractivity contribution in [1.29, 1.82) is 0 Å². The van der Waals surface area contributed by atoms with Crippen LogP contribution in [0.2, 0.25) is 0 Å². The molecule has 1 aliphatic rings. The average molecular weight is 499 g/mol. The highest BCUT2D eigenvalue weighted by Gasteiger charge is 2.35. The van der Waals surface area contributed by atoms with E-state index in [2.05, 4.69) is 5.32 Å². The van der Waals surface area contributed by atoms with Crippen LogP contribution >= 0.6 is 0 Å². The van der Waals surface area contributed by atoms with E-state index in [9.17, 15) is 18.4 Å². The number of rotatable bonds is 5. The summed E-state index contributed by atoms with van der Waals surface area (Å²) in [6, 6.07) is 11.8. The Kier molecular flexibility index (Phi) is 6.82.